The number of nitrogens with one attached hydrogen (secondary N) is 1. The van der Waals surface area contributed by atoms with Gasteiger partial charge in [-0.1, -0.05) is 25.1 Å². The maximum Gasteiger partial charge on any atom is 0.324 e. The van der Waals surface area contributed by atoms with Gasteiger partial charge in [0.15, 0.2) is 0 Å². The van der Waals surface area contributed by atoms with Gasteiger partial charge in [0.05, 0.1) is 12.0 Å². The van der Waals surface area contributed by atoms with E-state index in [2.05, 4.69) is 5.32 Å². The van der Waals surface area contributed by atoms with Crippen LogP contribution < -0.4 is 5.32 Å². The lowest BCUT2D eigenvalue weighted by Crippen LogP contribution is -2.60. The van der Waals surface area contributed by atoms with E-state index < -0.39 is 22.0 Å². The van der Waals surface area contributed by atoms with Crippen molar-refractivity contribution in [3.05, 3.63) is 30.3 Å². The number of ether oxygens (including phenoxy) is 1. The minimum atomic E-state index is -3.59. The zero-order valence-electron chi connectivity index (χ0n) is 12.2. The number of carbonyl (C=O) groups is 1. The van der Waals surface area contributed by atoms with Crippen molar-refractivity contribution in [2.24, 2.45) is 0 Å². The average molecular weight is 312 g/mol. The van der Waals surface area contributed by atoms with Crippen molar-refractivity contribution in [3.63, 3.8) is 0 Å². The van der Waals surface area contributed by atoms with Gasteiger partial charge in [-0.15, -0.1) is 0 Å². The van der Waals surface area contributed by atoms with Crippen LogP contribution in [0.1, 0.15) is 13.3 Å². The highest BCUT2D eigenvalue weighted by molar-refractivity contribution is 7.89. The molecular formula is C14H20N2O4S. The van der Waals surface area contributed by atoms with Crippen LogP contribution in [0.2, 0.25) is 0 Å². The molecule has 1 aliphatic heterocycles. The van der Waals surface area contributed by atoms with Gasteiger partial charge in [-0.05, 0) is 18.6 Å². The lowest BCUT2D eigenvalue weighted by Gasteiger charge is -2.36. The van der Waals surface area contributed by atoms with E-state index in [4.69, 9.17) is 4.74 Å². The molecule has 0 aromatic heterocycles. The number of piperazine rings is 1. The zero-order chi connectivity index (χ0) is 15.5. The SMILES string of the molecule is CC[C@@H]1CN(S(=O)(=O)c2ccccc2)C[C@H](C(=O)OC)N1. The number of esters is 1. The van der Waals surface area contributed by atoms with Crippen molar-refractivity contribution in [3.8, 4) is 0 Å². The maximum absolute atomic E-state index is 12.7. The first-order chi connectivity index (χ1) is 9.98. The summed E-state index contributed by atoms with van der Waals surface area (Å²) in [7, 11) is -2.29. The molecule has 2 atom stereocenters. The summed E-state index contributed by atoms with van der Waals surface area (Å²) in [5, 5.41) is 3.13. The van der Waals surface area contributed by atoms with Crippen molar-refractivity contribution in [1.29, 1.82) is 0 Å². The fourth-order valence-corrected chi connectivity index (χ4v) is 3.90. The molecule has 1 fully saturated rings. The normalized spacial score (nSPS) is 23.7. The first kappa shape index (κ1) is 15.9. The number of benzene rings is 1. The van der Waals surface area contributed by atoms with Gasteiger partial charge in [-0.25, -0.2) is 8.42 Å². The van der Waals surface area contributed by atoms with Gasteiger partial charge in [0.2, 0.25) is 10.0 Å². The van der Waals surface area contributed by atoms with Crippen LogP contribution in [-0.4, -0.2) is 51.0 Å². The van der Waals surface area contributed by atoms with Crippen molar-refractivity contribution in [2.75, 3.05) is 20.2 Å². The molecule has 0 aliphatic carbocycles. The summed E-state index contributed by atoms with van der Waals surface area (Å²) in [6.45, 7) is 2.38. The van der Waals surface area contributed by atoms with Gasteiger partial charge < -0.3 is 4.74 Å². The van der Waals surface area contributed by atoms with Gasteiger partial charge >= 0.3 is 5.97 Å². The maximum atomic E-state index is 12.7. The molecule has 2 rings (SSSR count). The fraction of sp³-hybridized carbons (Fsp3) is 0.500. The molecule has 1 aromatic rings. The summed E-state index contributed by atoms with van der Waals surface area (Å²) in [6, 6.07) is 7.56. The van der Waals surface area contributed by atoms with E-state index in [1.165, 1.54) is 11.4 Å². The largest absolute Gasteiger partial charge is 0.468 e. The predicted octanol–water partition coefficient (Wildman–Crippen LogP) is 0.601. The summed E-state index contributed by atoms with van der Waals surface area (Å²) in [5.41, 5.74) is 0. The van der Waals surface area contributed by atoms with Crippen molar-refractivity contribution >= 4 is 16.0 Å². The van der Waals surface area contributed by atoms with Gasteiger partial charge in [0.25, 0.3) is 0 Å². The van der Waals surface area contributed by atoms with Gasteiger partial charge in [0.1, 0.15) is 6.04 Å². The molecule has 1 aliphatic rings. The summed E-state index contributed by atoms with van der Waals surface area (Å²) >= 11 is 0. The Hall–Kier alpha value is -1.44. The monoisotopic (exact) mass is 312 g/mol. The van der Waals surface area contributed by atoms with E-state index in [9.17, 15) is 13.2 Å². The Morgan fingerprint density at radius 1 is 1.33 bits per heavy atom. The highest BCUT2D eigenvalue weighted by Gasteiger charge is 2.37. The molecule has 0 bridgehead atoms. The number of sulfonamides is 1. The summed E-state index contributed by atoms with van der Waals surface area (Å²) in [4.78, 5) is 12.0. The van der Waals surface area contributed by atoms with Gasteiger partial charge in [-0.2, -0.15) is 4.31 Å². The number of methoxy groups -OCH3 is 1. The van der Waals surface area contributed by atoms with E-state index >= 15 is 0 Å². The third-order valence-electron chi connectivity index (χ3n) is 3.61. The third-order valence-corrected chi connectivity index (χ3v) is 5.45. The molecule has 7 heteroatoms. The Morgan fingerprint density at radius 2 is 2.00 bits per heavy atom. The molecule has 0 radical (unpaired) electrons. The second kappa shape index (κ2) is 6.55. The molecule has 1 heterocycles. The first-order valence-electron chi connectivity index (χ1n) is 6.88. The van der Waals surface area contributed by atoms with Crippen LogP contribution in [0.5, 0.6) is 0 Å². The minimum absolute atomic E-state index is 0.0682. The Bertz CT molecular complexity index is 588. The van der Waals surface area contributed by atoms with Crippen LogP contribution in [0.3, 0.4) is 0 Å². The standard InChI is InChI=1S/C14H20N2O4S/c1-3-11-9-16(10-13(15-11)14(17)20-2)21(18,19)12-7-5-4-6-8-12/h4-8,11,13,15H,3,9-10H2,1-2H3/t11-,13-/m1/s1. The van der Waals surface area contributed by atoms with E-state index in [0.717, 1.165) is 6.42 Å². The van der Waals surface area contributed by atoms with Crippen molar-refractivity contribution in [2.45, 2.75) is 30.3 Å². The first-order valence-corrected chi connectivity index (χ1v) is 8.32. The Kier molecular flexibility index (Phi) is 4.97. The van der Waals surface area contributed by atoms with Crippen LogP contribution in [0.15, 0.2) is 35.2 Å². The molecule has 1 saturated heterocycles. The summed E-state index contributed by atoms with van der Waals surface area (Å²) < 4.78 is 31.4. The Morgan fingerprint density at radius 3 is 2.57 bits per heavy atom. The molecule has 21 heavy (non-hydrogen) atoms. The number of hydrogen-bond acceptors (Lipinski definition) is 5. The quantitative estimate of drug-likeness (QED) is 0.824. The van der Waals surface area contributed by atoms with Crippen LogP contribution in [0.25, 0.3) is 0 Å². The van der Waals surface area contributed by atoms with E-state index in [1.807, 2.05) is 6.92 Å². The molecule has 0 amide bonds. The molecule has 1 aromatic carbocycles. The molecule has 6 nitrogen and oxygen atoms in total. The molecule has 116 valence electrons. The molecule has 0 unspecified atom stereocenters. The number of hydrogen-bond donors (Lipinski definition) is 1. The number of carbonyl (C=O) groups excluding carboxylic acids is 1. The van der Waals surface area contributed by atoms with Crippen molar-refractivity contribution < 1.29 is 17.9 Å². The van der Waals surface area contributed by atoms with E-state index in [0.29, 0.717) is 6.54 Å². The third kappa shape index (κ3) is 3.42. The van der Waals surface area contributed by atoms with Gasteiger partial charge in [0, 0.05) is 19.1 Å². The number of nitrogens with zero attached hydrogens (tertiary/aromatic N) is 1. The predicted molar refractivity (Wildman–Crippen MR) is 78.2 cm³/mol. The van der Waals surface area contributed by atoms with Crippen LogP contribution >= 0.6 is 0 Å². The topological polar surface area (TPSA) is 75.7 Å². The highest BCUT2D eigenvalue weighted by atomic mass is 32.2. The lowest BCUT2D eigenvalue weighted by molar-refractivity contribution is -0.144. The minimum Gasteiger partial charge on any atom is -0.468 e. The van der Waals surface area contributed by atoms with E-state index in [1.54, 1.807) is 30.3 Å². The second-order valence-electron chi connectivity index (χ2n) is 4.98. The average Bonchev–Trinajstić information content (AvgIpc) is 2.54. The Labute approximate surface area is 125 Å². The van der Waals surface area contributed by atoms with E-state index in [-0.39, 0.29) is 17.5 Å². The molecule has 0 spiro atoms. The highest BCUT2D eigenvalue weighted by Crippen LogP contribution is 2.19. The number of rotatable bonds is 4. The molecule has 1 N–H and O–H groups in total. The molecular weight excluding hydrogens is 292 g/mol. The lowest BCUT2D eigenvalue weighted by atomic mass is 10.1. The van der Waals surface area contributed by atoms with Crippen LogP contribution in [0.4, 0.5) is 0 Å². The Balaban J connectivity index is 2.27. The zero-order valence-corrected chi connectivity index (χ0v) is 13.0. The summed E-state index contributed by atoms with van der Waals surface area (Å²) in [5.74, 6) is -0.443. The fourth-order valence-electron chi connectivity index (χ4n) is 2.38. The van der Waals surface area contributed by atoms with Crippen LogP contribution in [0, 0.1) is 0 Å². The second-order valence-corrected chi connectivity index (χ2v) is 6.92. The van der Waals surface area contributed by atoms with Crippen LogP contribution in [-0.2, 0) is 19.6 Å². The molecule has 0 saturated carbocycles. The summed E-state index contributed by atoms with van der Waals surface area (Å²) in [6.07, 6.45) is 0.730. The van der Waals surface area contributed by atoms with Crippen molar-refractivity contribution in [1.82, 2.24) is 9.62 Å². The smallest absolute Gasteiger partial charge is 0.324 e. The van der Waals surface area contributed by atoms with Gasteiger partial charge in [-0.3, -0.25) is 10.1 Å².